The summed E-state index contributed by atoms with van der Waals surface area (Å²) < 4.78 is 10.9. The van der Waals surface area contributed by atoms with Gasteiger partial charge in [-0.15, -0.1) is 0 Å². The van der Waals surface area contributed by atoms with Crippen LogP contribution in [-0.4, -0.2) is 53.4 Å². The quantitative estimate of drug-likeness (QED) is 0.753. The molecule has 2 aliphatic rings. The average molecular weight is 384 g/mol. The Balaban J connectivity index is 1.47. The first-order valence-electron chi connectivity index (χ1n) is 9.77. The standard InChI is InChI=1S/C21H24N2O5/c1-3-14-9-20(25)28-18-10-16(6-7-17(14)18)27-12-19(24)23-11-15-5-4-8-22(15)21(26)13(23)2/h6-7,9-10,13,15H,3-5,8,11-12H2,1-2H3/t13-,15+/m0/s1. The Morgan fingerprint density at radius 3 is 2.89 bits per heavy atom. The van der Waals surface area contributed by atoms with Crippen molar-refractivity contribution in [1.82, 2.24) is 9.80 Å². The van der Waals surface area contributed by atoms with Crippen molar-refractivity contribution < 1.29 is 18.7 Å². The van der Waals surface area contributed by atoms with Crippen LogP contribution >= 0.6 is 0 Å². The van der Waals surface area contributed by atoms with Crippen LogP contribution in [-0.2, 0) is 16.0 Å². The third kappa shape index (κ3) is 3.25. The van der Waals surface area contributed by atoms with Crippen molar-refractivity contribution in [1.29, 1.82) is 0 Å². The van der Waals surface area contributed by atoms with E-state index in [0.717, 1.165) is 36.8 Å². The van der Waals surface area contributed by atoms with Gasteiger partial charge in [-0.25, -0.2) is 4.79 Å². The fourth-order valence-electron chi connectivity index (χ4n) is 4.21. The summed E-state index contributed by atoms with van der Waals surface area (Å²) in [6.07, 6.45) is 2.65. The largest absolute Gasteiger partial charge is 0.484 e. The van der Waals surface area contributed by atoms with Gasteiger partial charge in [0.05, 0.1) is 0 Å². The third-order valence-electron chi connectivity index (χ3n) is 5.76. The number of rotatable bonds is 4. The number of aryl methyl sites for hydroxylation is 1. The Morgan fingerprint density at radius 2 is 2.11 bits per heavy atom. The lowest BCUT2D eigenvalue weighted by Crippen LogP contribution is -2.60. The number of amides is 2. The van der Waals surface area contributed by atoms with Crippen LogP contribution in [0.1, 0.15) is 32.3 Å². The third-order valence-corrected chi connectivity index (χ3v) is 5.76. The molecule has 2 aromatic rings. The maximum absolute atomic E-state index is 12.7. The molecule has 3 heterocycles. The van der Waals surface area contributed by atoms with Crippen LogP contribution < -0.4 is 10.4 Å². The molecule has 28 heavy (non-hydrogen) atoms. The summed E-state index contributed by atoms with van der Waals surface area (Å²) >= 11 is 0. The van der Waals surface area contributed by atoms with E-state index in [0.29, 0.717) is 17.9 Å². The molecule has 2 saturated heterocycles. The van der Waals surface area contributed by atoms with Crippen molar-refractivity contribution in [3.05, 3.63) is 40.2 Å². The highest BCUT2D eigenvalue weighted by atomic mass is 16.5. The van der Waals surface area contributed by atoms with Crippen molar-refractivity contribution in [3.63, 3.8) is 0 Å². The lowest BCUT2D eigenvalue weighted by molar-refractivity contribution is -0.153. The van der Waals surface area contributed by atoms with Crippen molar-refractivity contribution >= 4 is 22.8 Å². The maximum Gasteiger partial charge on any atom is 0.336 e. The molecule has 0 bridgehead atoms. The second kappa shape index (κ2) is 7.30. The van der Waals surface area contributed by atoms with Crippen LogP contribution in [0.5, 0.6) is 5.75 Å². The van der Waals surface area contributed by atoms with E-state index in [1.807, 2.05) is 17.9 Å². The van der Waals surface area contributed by atoms with Crippen LogP contribution in [0.4, 0.5) is 0 Å². The lowest BCUT2D eigenvalue weighted by Gasteiger charge is -2.41. The normalized spacial score (nSPS) is 21.9. The Bertz CT molecular complexity index is 982. The number of carbonyl (C=O) groups excluding carboxylic acids is 2. The molecular weight excluding hydrogens is 360 g/mol. The van der Waals surface area contributed by atoms with Gasteiger partial charge in [0.2, 0.25) is 5.91 Å². The minimum atomic E-state index is -0.466. The molecule has 1 aromatic carbocycles. The van der Waals surface area contributed by atoms with Crippen LogP contribution in [0.15, 0.2) is 33.5 Å². The summed E-state index contributed by atoms with van der Waals surface area (Å²) in [5.74, 6) is 0.258. The van der Waals surface area contributed by atoms with Gasteiger partial charge in [-0.1, -0.05) is 6.92 Å². The summed E-state index contributed by atoms with van der Waals surface area (Å²) in [6.45, 7) is 4.93. The molecule has 2 atom stereocenters. The van der Waals surface area contributed by atoms with Gasteiger partial charge in [-0.2, -0.15) is 0 Å². The zero-order valence-corrected chi connectivity index (χ0v) is 16.1. The van der Waals surface area contributed by atoms with Gasteiger partial charge in [-0.3, -0.25) is 9.59 Å². The molecule has 2 fully saturated rings. The summed E-state index contributed by atoms with van der Waals surface area (Å²) in [5, 5.41) is 0.859. The fraction of sp³-hybridized carbons (Fsp3) is 0.476. The number of piperazine rings is 1. The zero-order valence-electron chi connectivity index (χ0n) is 16.1. The molecule has 7 nitrogen and oxygen atoms in total. The topological polar surface area (TPSA) is 80.1 Å². The molecule has 0 unspecified atom stereocenters. The molecule has 148 valence electrons. The Hall–Kier alpha value is -2.83. The van der Waals surface area contributed by atoms with Crippen molar-refractivity contribution in [2.24, 2.45) is 0 Å². The smallest absolute Gasteiger partial charge is 0.336 e. The second-order valence-electron chi connectivity index (χ2n) is 7.44. The van der Waals surface area contributed by atoms with Crippen LogP contribution in [0.2, 0.25) is 0 Å². The highest BCUT2D eigenvalue weighted by Crippen LogP contribution is 2.26. The van der Waals surface area contributed by atoms with E-state index in [2.05, 4.69) is 0 Å². The van der Waals surface area contributed by atoms with E-state index in [-0.39, 0.29) is 24.5 Å². The fourth-order valence-corrected chi connectivity index (χ4v) is 4.21. The van der Waals surface area contributed by atoms with Crippen LogP contribution in [0.25, 0.3) is 11.0 Å². The van der Waals surface area contributed by atoms with E-state index in [1.54, 1.807) is 24.0 Å². The number of ether oxygens (including phenoxy) is 1. The number of hydrogen-bond acceptors (Lipinski definition) is 5. The van der Waals surface area contributed by atoms with E-state index in [9.17, 15) is 14.4 Å². The minimum absolute atomic E-state index is 0.0154. The van der Waals surface area contributed by atoms with Gasteiger partial charge in [0.25, 0.3) is 5.91 Å². The van der Waals surface area contributed by atoms with Gasteiger partial charge in [0.1, 0.15) is 17.4 Å². The van der Waals surface area contributed by atoms with E-state index >= 15 is 0 Å². The van der Waals surface area contributed by atoms with E-state index in [1.165, 1.54) is 6.07 Å². The summed E-state index contributed by atoms with van der Waals surface area (Å²) in [5.41, 5.74) is 0.951. The number of benzene rings is 1. The Morgan fingerprint density at radius 1 is 1.29 bits per heavy atom. The summed E-state index contributed by atoms with van der Waals surface area (Å²) in [4.78, 5) is 40.4. The van der Waals surface area contributed by atoms with Crippen LogP contribution in [0, 0.1) is 0 Å². The van der Waals surface area contributed by atoms with Crippen LogP contribution in [0.3, 0.4) is 0 Å². The highest BCUT2D eigenvalue weighted by Gasteiger charge is 2.42. The van der Waals surface area contributed by atoms with Gasteiger partial charge in [0.15, 0.2) is 6.61 Å². The first kappa shape index (κ1) is 18.5. The first-order valence-corrected chi connectivity index (χ1v) is 9.77. The second-order valence-corrected chi connectivity index (χ2v) is 7.44. The van der Waals surface area contributed by atoms with E-state index < -0.39 is 11.7 Å². The van der Waals surface area contributed by atoms with Crippen molar-refractivity contribution in [2.45, 2.75) is 45.2 Å². The maximum atomic E-state index is 12.7. The van der Waals surface area contributed by atoms with Gasteiger partial charge in [-0.05, 0) is 43.9 Å². The Labute approximate surface area is 162 Å². The lowest BCUT2D eigenvalue weighted by atomic mass is 10.1. The first-order chi connectivity index (χ1) is 13.5. The predicted molar refractivity (Wildman–Crippen MR) is 103 cm³/mol. The molecule has 1 aromatic heterocycles. The van der Waals surface area contributed by atoms with Crippen molar-refractivity contribution in [2.75, 3.05) is 19.7 Å². The molecule has 0 spiro atoms. The van der Waals surface area contributed by atoms with E-state index in [4.69, 9.17) is 9.15 Å². The molecule has 4 rings (SSSR count). The Kier molecular flexibility index (Phi) is 4.83. The minimum Gasteiger partial charge on any atom is -0.484 e. The predicted octanol–water partition coefficient (Wildman–Crippen LogP) is 1.96. The average Bonchev–Trinajstić information content (AvgIpc) is 3.16. The molecule has 0 saturated carbocycles. The van der Waals surface area contributed by atoms with Gasteiger partial charge >= 0.3 is 5.63 Å². The zero-order chi connectivity index (χ0) is 19.8. The number of carbonyl (C=O) groups is 2. The van der Waals surface area contributed by atoms with Gasteiger partial charge < -0.3 is 19.0 Å². The van der Waals surface area contributed by atoms with Crippen molar-refractivity contribution in [3.8, 4) is 5.75 Å². The summed E-state index contributed by atoms with van der Waals surface area (Å²) in [6, 6.07) is 6.38. The van der Waals surface area contributed by atoms with Gasteiger partial charge in [0, 0.05) is 36.7 Å². The molecule has 0 aliphatic carbocycles. The number of fused-ring (bicyclic) bond motifs is 2. The highest BCUT2D eigenvalue weighted by molar-refractivity contribution is 5.89. The molecule has 0 N–H and O–H groups in total. The number of hydrogen-bond donors (Lipinski definition) is 0. The molecule has 2 amide bonds. The summed E-state index contributed by atoms with van der Waals surface area (Å²) in [7, 11) is 0. The molecule has 2 aliphatic heterocycles. The molecule has 7 heteroatoms. The number of nitrogens with zero attached hydrogens (tertiary/aromatic N) is 2. The SMILES string of the molecule is CCc1cc(=O)oc2cc(OCC(=O)N3C[C@H]4CCCN4C(=O)[C@@H]3C)ccc12. The molecule has 0 radical (unpaired) electrons. The molecular formula is C21H24N2O5. The monoisotopic (exact) mass is 384 g/mol.